The summed E-state index contributed by atoms with van der Waals surface area (Å²) >= 11 is 0. The monoisotopic (exact) mass is 374 g/mol. The lowest BCUT2D eigenvalue weighted by atomic mass is 9.71. The molecule has 4 rings (SSSR count). The smallest absolute Gasteiger partial charge is 0.254 e. The summed E-state index contributed by atoms with van der Waals surface area (Å²) in [6, 6.07) is 2.12. The van der Waals surface area contributed by atoms with E-state index in [0.717, 1.165) is 57.4 Å². The Hall–Kier alpha value is -1.77. The van der Waals surface area contributed by atoms with Crippen LogP contribution >= 0.6 is 0 Å². The van der Waals surface area contributed by atoms with E-state index in [4.69, 9.17) is 9.47 Å². The van der Waals surface area contributed by atoms with Crippen molar-refractivity contribution in [3.8, 4) is 0 Å². The molecule has 2 saturated heterocycles. The van der Waals surface area contributed by atoms with Crippen molar-refractivity contribution in [2.24, 2.45) is 11.3 Å². The van der Waals surface area contributed by atoms with Gasteiger partial charge in [0, 0.05) is 64.6 Å². The van der Waals surface area contributed by atoms with E-state index in [1.807, 2.05) is 18.5 Å². The zero-order valence-corrected chi connectivity index (χ0v) is 16.6. The molecule has 8 heteroatoms. The van der Waals surface area contributed by atoms with Gasteiger partial charge in [0.05, 0.1) is 13.2 Å². The molecule has 2 fully saturated rings. The lowest BCUT2D eigenvalue weighted by molar-refractivity contribution is 0.0760. The number of nitrogens with zero attached hydrogens (tertiary/aromatic N) is 6. The highest BCUT2D eigenvalue weighted by molar-refractivity contribution is 5.47. The van der Waals surface area contributed by atoms with Gasteiger partial charge in [-0.05, 0) is 25.2 Å². The molecule has 0 radical (unpaired) electrons. The van der Waals surface area contributed by atoms with Crippen molar-refractivity contribution in [1.82, 2.24) is 24.5 Å². The summed E-state index contributed by atoms with van der Waals surface area (Å²) in [5.41, 5.74) is 1.32. The van der Waals surface area contributed by atoms with Crippen molar-refractivity contribution in [1.29, 1.82) is 0 Å². The maximum absolute atomic E-state index is 5.58. The summed E-state index contributed by atoms with van der Waals surface area (Å²) in [5, 5.41) is 4.37. The normalized spacial score (nSPS) is 22.9. The Balaban J connectivity index is 1.50. The average molecular weight is 374 g/mol. The number of rotatable bonds is 6. The molecule has 0 N–H and O–H groups in total. The van der Waals surface area contributed by atoms with Crippen molar-refractivity contribution in [2.75, 3.05) is 65.1 Å². The minimum atomic E-state index is 0.337. The number of piperidine rings is 1. The summed E-state index contributed by atoms with van der Waals surface area (Å²) in [6.07, 6.45) is 3.92. The largest absolute Gasteiger partial charge is 0.384 e. The van der Waals surface area contributed by atoms with Crippen LogP contribution in [0.1, 0.15) is 18.5 Å². The maximum atomic E-state index is 5.58. The molecule has 4 heterocycles. The third kappa shape index (κ3) is 3.53. The minimum absolute atomic E-state index is 0.337. The Morgan fingerprint density at radius 3 is 2.78 bits per heavy atom. The van der Waals surface area contributed by atoms with Crippen LogP contribution in [0, 0.1) is 18.3 Å². The van der Waals surface area contributed by atoms with Gasteiger partial charge in [-0.25, -0.2) is 4.98 Å². The van der Waals surface area contributed by atoms with Gasteiger partial charge in [0.25, 0.3) is 5.78 Å². The van der Waals surface area contributed by atoms with E-state index in [1.165, 1.54) is 12.8 Å². The number of fused-ring (bicyclic) bond motifs is 1. The van der Waals surface area contributed by atoms with Crippen LogP contribution in [-0.2, 0) is 9.47 Å². The molecule has 0 amide bonds. The number of anilines is 1. The third-order valence-corrected chi connectivity index (χ3v) is 6.31. The molecule has 0 aliphatic carbocycles. The number of aryl methyl sites for hydroxylation is 1. The second kappa shape index (κ2) is 7.69. The van der Waals surface area contributed by atoms with Crippen LogP contribution in [0.5, 0.6) is 0 Å². The molecular weight excluding hydrogens is 344 g/mol. The summed E-state index contributed by atoms with van der Waals surface area (Å²) < 4.78 is 12.7. The average Bonchev–Trinajstić information content (AvgIpc) is 3.26. The fraction of sp³-hybridized carbons (Fsp3) is 0.737. The van der Waals surface area contributed by atoms with Crippen molar-refractivity contribution in [3.63, 3.8) is 0 Å². The first kappa shape index (κ1) is 18.6. The van der Waals surface area contributed by atoms with Crippen molar-refractivity contribution >= 4 is 11.6 Å². The van der Waals surface area contributed by atoms with E-state index < -0.39 is 0 Å². The van der Waals surface area contributed by atoms with Gasteiger partial charge in [0.15, 0.2) is 0 Å². The van der Waals surface area contributed by atoms with Crippen LogP contribution in [0.3, 0.4) is 0 Å². The van der Waals surface area contributed by atoms with Gasteiger partial charge in [-0.2, -0.15) is 14.6 Å². The molecule has 1 atom stereocenters. The van der Waals surface area contributed by atoms with Gasteiger partial charge in [-0.3, -0.25) is 0 Å². The van der Waals surface area contributed by atoms with Gasteiger partial charge in [0.2, 0.25) is 0 Å². The van der Waals surface area contributed by atoms with E-state index in [-0.39, 0.29) is 0 Å². The molecule has 0 saturated carbocycles. The molecular formula is C19H30N6O2. The zero-order valence-electron chi connectivity index (χ0n) is 16.6. The minimum Gasteiger partial charge on any atom is -0.384 e. The van der Waals surface area contributed by atoms with Gasteiger partial charge >= 0.3 is 0 Å². The van der Waals surface area contributed by atoms with Gasteiger partial charge < -0.3 is 19.3 Å². The molecule has 1 spiro atoms. The van der Waals surface area contributed by atoms with Crippen LogP contribution in [-0.4, -0.2) is 84.6 Å². The predicted molar refractivity (Wildman–Crippen MR) is 103 cm³/mol. The second-order valence-electron chi connectivity index (χ2n) is 7.96. The predicted octanol–water partition coefficient (Wildman–Crippen LogP) is 1.24. The van der Waals surface area contributed by atoms with Crippen LogP contribution in [0.25, 0.3) is 5.78 Å². The number of methoxy groups -OCH3 is 2. The molecule has 0 bridgehead atoms. The molecule has 0 aromatic carbocycles. The molecule has 27 heavy (non-hydrogen) atoms. The van der Waals surface area contributed by atoms with E-state index in [9.17, 15) is 0 Å². The van der Waals surface area contributed by atoms with Crippen LogP contribution in [0.4, 0.5) is 5.82 Å². The summed E-state index contributed by atoms with van der Waals surface area (Å²) in [4.78, 5) is 13.7. The zero-order chi connectivity index (χ0) is 18.9. The number of hydrogen-bond donors (Lipinski definition) is 0. The van der Waals surface area contributed by atoms with E-state index in [0.29, 0.717) is 17.1 Å². The second-order valence-corrected chi connectivity index (χ2v) is 7.96. The Kier molecular flexibility index (Phi) is 5.29. The van der Waals surface area contributed by atoms with Crippen molar-refractivity contribution in [2.45, 2.75) is 19.8 Å². The van der Waals surface area contributed by atoms with Gasteiger partial charge in [-0.15, -0.1) is 0 Å². The molecule has 0 unspecified atom stereocenters. The van der Waals surface area contributed by atoms with Crippen LogP contribution < -0.4 is 4.90 Å². The number of ether oxygens (including phenoxy) is 2. The van der Waals surface area contributed by atoms with Gasteiger partial charge in [0.1, 0.15) is 12.1 Å². The van der Waals surface area contributed by atoms with Gasteiger partial charge in [-0.1, -0.05) is 0 Å². The lowest BCUT2D eigenvalue weighted by Crippen LogP contribution is -2.46. The fourth-order valence-corrected chi connectivity index (χ4v) is 4.85. The SMILES string of the molecule is COCCN1C[C@H](COC)C2(CCN(c3cc(C)nc4ncnn34)CC2)C1. The Labute approximate surface area is 160 Å². The van der Waals surface area contributed by atoms with E-state index in [2.05, 4.69) is 30.9 Å². The standard InChI is InChI=1S/C19H30N6O2/c1-15-10-17(25-18(22-15)20-14-21-25)24-6-4-19(5-7-24)13-23(8-9-26-2)11-16(19)12-27-3/h10,14,16H,4-9,11-13H2,1-3H3/t16-/m1/s1. The fourth-order valence-electron chi connectivity index (χ4n) is 4.85. The molecule has 2 aliphatic rings. The highest BCUT2D eigenvalue weighted by Gasteiger charge is 2.47. The molecule has 2 aromatic rings. The van der Waals surface area contributed by atoms with Crippen LogP contribution in [0.15, 0.2) is 12.4 Å². The maximum Gasteiger partial charge on any atom is 0.254 e. The summed E-state index contributed by atoms with van der Waals surface area (Å²) in [7, 11) is 3.60. The summed E-state index contributed by atoms with van der Waals surface area (Å²) in [6.45, 7) is 8.96. The molecule has 2 aliphatic heterocycles. The van der Waals surface area contributed by atoms with E-state index >= 15 is 0 Å². The quantitative estimate of drug-likeness (QED) is 0.754. The summed E-state index contributed by atoms with van der Waals surface area (Å²) in [5.74, 6) is 2.36. The van der Waals surface area contributed by atoms with Crippen LogP contribution in [0.2, 0.25) is 0 Å². The number of aromatic nitrogens is 4. The van der Waals surface area contributed by atoms with E-state index in [1.54, 1.807) is 13.4 Å². The lowest BCUT2D eigenvalue weighted by Gasteiger charge is -2.43. The number of likely N-dealkylation sites (tertiary alicyclic amines) is 1. The molecule has 8 nitrogen and oxygen atoms in total. The highest BCUT2D eigenvalue weighted by atomic mass is 16.5. The Morgan fingerprint density at radius 1 is 1.22 bits per heavy atom. The first-order valence-electron chi connectivity index (χ1n) is 9.78. The first-order valence-corrected chi connectivity index (χ1v) is 9.78. The topological polar surface area (TPSA) is 68.0 Å². The number of hydrogen-bond acceptors (Lipinski definition) is 7. The first-order chi connectivity index (χ1) is 13.1. The molecule has 2 aromatic heterocycles. The highest BCUT2D eigenvalue weighted by Crippen LogP contribution is 2.45. The van der Waals surface area contributed by atoms with Crippen molar-refractivity contribution in [3.05, 3.63) is 18.1 Å². The molecule has 148 valence electrons. The Morgan fingerprint density at radius 2 is 2.04 bits per heavy atom. The van der Waals surface area contributed by atoms with Crippen molar-refractivity contribution < 1.29 is 9.47 Å². The third-order valence-electron chi connectivity index (χ3n) is 6.31. The Bertz CT molecular complexity index is 771.